The monoisotopic (exact) mass is 567 g/mol. The zero-order chi connectivity index (χ0) is 29.2. The number of amides is 3. The minimum absolute atomic E-state index is 0.0476. The lowest BCUT2D eigenvalue weighted by atomic mass is 10.0. The van der Waals surface area contributed by atoms with Gasteiger partial charge < -0.3 is 31.8 Å². The molecule has 4 atom stereocenters. The van der Waals surface area contributed by atoms with Crippen molar-refractivity contribution in [2.75, 3.05) is 5.75 Å². The van der Waals surface area contributed by atoms with Crippen LogP contribution in [0, 0.1) is 5.92 Å². The van der Waals surface area contributed by atoms with Gasteiger partial charge in [-0.2, -0.15) is 12.6 Å². The van der Waals surface area contributed by atoms with Gasteiger partial charge in [0.25, 0.3) is 0 Å². The van der Waals surface area contributed by atoms with Gasteiger partial charge in [0.1, 0.15) is 18.1 Å². The number of benzene rings is 2. The Labute approximate surface area is 238 Å². The van der Waals surface area contributed by atoms with Crippen LogP contribution < -0.4 is 21.7 Å². The fourth-order valence-electron chi connectivity index (χ4n) is 4.40. The van der Waals surface area contributed by atoms with Gasteiger partial charge in [0, 0.05) is 29.3 Å². The second kappa shape index (κ2) is 14.5. The molecule has 1 aromatic heterocycles. The number of aromatic amines is 1. The first-order valence-corrected chi connectivity index (χ1v) is 13.8. The van der Waals surface area contributed by atoms with Crippen LogP contribution in [0.3, 0.4) is 0 Å². The first-order chi connectivity index (χ1) is 19.1. The second-order valence-electron chi connectivity index (χ2n) is 10.2. The van der Waals surface area contributed by atoms with Gasteiger partial charge in [-0.05, 0) is 36.0 Å². The molecule has 4 unspecified atom stereocenters. The zero-order valence-electron chi connectivity index (χ0n) is 22.6. The van der Waals surface area contributed by atoms with E-state index < -0.39 is 47.9 Å². The van der Waals surface area contributed by atoms with Crippen LogP contribution in [0.5, 0.6) is 0 Å². The van der Waals surface area contributed by atoms with Crippen molar-refractivity contribution in [3.63, 3.8) is 0 Å². The number of carbonyl (C=O) groups is 4. The van der Waals surface area contributed by atoms with Gasteiger partial charge in [0.2, 0.25) is 17.7 Å². The summed E-state index contributed by atoms with van der Waals surface area (Å²) in [6, 6.07) is 12.4. The third-order valence-corrected chi connectivity index (χ3v) is 6.87. The van der Waals surface area contributed by atoms with Gasteiger partial charge in [-0.25, -0.2) is 4.79 Å². The van der Waals surface area contributed by atoms with Crippen LogP contribution in [0.4, 0.5) is 0 Å². The highest BCUT2D eigenvalue weighted by molar-refractivity contribution is 7.80. The molecule has 214 valence electrons. The van der Waals surface area contributed by atoms with E-state index in [-0.39, 0.29) is 24.5 Å². The largest absolute Gasteiger partial charge is 0.480 e. The van der Waals surface area contributed by atoms with Crippen molar-refractivity contribution >= 4 is 47.2 Å². The number of carbonyl (C=O) groups excluding carboxylic acids is 3. The maximum atomic E-state index is 13.2. The smallest absolute Gasteiger partial charge is 0.326 e. The van der Waals surface area contributed by atoms with Gasteiger partial charge in [0.15, 0.2) is 0 Å². The molecule has 0 bridgehead atoms. The molecule has 2 aromatic carbocycles. The van der Waals surface area contributed by atoms with Gasteiger partial charge in [-0.15, -0.1) is 0 Å². The highest BCUT2D eigenvalue weighted by atomic mass is 32.1. The van der Waals surface area contributed by atoms with Crippen LogP contribution in [-0.4, -0.2) is 63.7 Å². The SMILES string of the molecule is CC(C)CC(NC(=O)C(N)Cc1c[nH]c2ccccc12)C(=O)NC(CS)C(=O)NC(Cc1ccccc1)C(=O)O. The molecular formula is C29H37N5O5S. The summed E-state index contributed by atoms with van der Waals surface area (Å²) in [6.07, 6.45) is 2.47. The van der Waals surface area contributed by atoms with Crippen LogP contribution in [0.25, 0.3) is 10.9 Å². The molecule has 10 nitrogen and oxygen atoms in total. The van der Waals surface area contributed by atoms with Gasteiger partial charge in [-0.1, -0.05) is 62.4 Å². The fraction of sp³-hybridized carbons (Fsp3) is 0.379. The summed E-state index contributed by atoms with van der Waals surface area (Å²) in [5.74, 6) is -2.98. The molecule has 0 saturated carbocycles. The summed E-state index contributed by atoms with van der Waals surface area (Å²) in [5.41, 5.74) is 8.78. The molecule has 0 saturated heterocycles. The molecule has 11 heteroatoms. The van der Waals surface area contributed by atoms with E-state index in [4.69, 9.17) is 5.73 Å². The van der Waals surface area contributed by atoms with Crippen LogP contribution in [0.1, 0.15) is 31.4 Å². The van der Waals surface area contributed by atoms with Crippen molar-refractivity contribution in [2.45, 2.75) is 57.3 Å². The standard InChI is InChI=1S/C29H37N5O5S/c1-17(2)12-23(32-26(35)21(30)14-19-15-31-22-11-7-6-10-20(19)22)27(36)34-25(16-40)28(37)33-24(29(38)39)13-18-8-4-3-5-9-18/h3-11,15,17,21,23-25,31,40H,12-14,16,30H2,1-2H3,(H,32,35)(H,33,37)(H,34,36)(H,38,39). The molecule has 1 heterocycles. The van der Waals surface area contributed by atoms with Gasteiger partial charge >= 0.3 is 5.97 Å². The Balaban J connectivity index is 1.64. The summed E-state index contributed by atoms with van der Waals surface area (Å²) in [7, 11) is 0. The van der Waals surface area contributed by atoms with E-state index in [1.165, 1.54) is 0 Å². The number of carboxylic acids is 1. The molecule has 0 fully saturated rings. The highest BCUT2D eigenvalue weighted by Gasteiger charge is 2.30. The Morgan fingerprint density at radius 2 is 1.45 bits per heavy atom. The van der Waals surface area contributed by atoms with E-state index >= 15 is 0 Å². The third kappa shape index (κ3) is 8.59. The van der Waals surface area contributed by atoms with E-state index in [0.717, 1.165) is 22.0 Å². The van der Waals surface area contributed by atoms with Crippen LogP contribution in [0.15, 0.2) is 60.8 Å². The molecule has 40 heavy (non-hydrogen) atoms. The second-order valence-corrected chi connectivity index (χ2v) is 10.6. The fourth-order valence-corrected chi connectivity index (χ4v) is 4.66. The number of carboxylic acid groups (broad SMARTS) is 1. The lowest BCUT2D eigenvalue weighted by Gasteiger charge is -2.25. The summed E-state index contributed by atoms with van der Waals surface area (Å²) >= 11 is 4.19. The zero-order valence-corrected chi connectivity index (χ0v) is 23.5. The number of hydrogen-bond acceptors (Lipinski definition) is 6. The minimum atomic E-state index is -1.20. The maximum absolute atomic E-state index is 13.2. The molecular weight excluding hydrogens is 530 g/mol. The Kier molecular flexibility index (Phi) is 11.2. The van der Waals surface area contributed by atoms with Crippen molar-refractivity contribution in [3.05, 3.63) is 71.9 Å². The average Bonchev–Trinajstić information content (AvgIpc) is 3.33. The normalized spacial score (nSPS) is 14.2. The van der Waals surface area contributed by atoms with Crippen LogP contribution in [0.2, 0.25) is 0 Å². The number of hydrogen-bond donors (Lipinski definition) is 7. The number of H-pyrrole nitrogens is 1. The number of para-hydroxylation sites is 1. The summed E-state index contributed by atoms with van der Waals surface area (Å²) in [4.78, 5) is 54.1. The minimum Gasteiger partial charge on any atom is -0.480 e. The molecule has 3 aromatic rings. The molecule has 0 spiro atoms. The van der Waals surface area contributed by atoms with Crippen molar-refractivity contribution < 1.29 is 24.3 Å². The lowest BCUT2D eigenvalue weighted by molar-refractivity contribution is -0.142. The number of aromatic nitrogens is 1. The van der Waals surface area contributed by atoms with E-state index in [0.29, 0.717) is 6.42 Å². The number of thiol groups is 1. The Morgan fingerprint density at radius 3 is 2.10 bits per heavy atom. The van der Waals surface area contributed by atoms with E-state index in [1.54, 1.807) is 24.3 Å². The first-order valence-electron chi connectivity index (χ1n) is 13.2. The highest BCUT2D eigenvalue weighted by Crippen LogP contribution is 2.19. The van der Waals surface area contributed by atoms with Gasteiger partial charge in [0.05, 0.1) is 6.04 Å². The molecule has 0 aliphatic heterocycles. The lowest BCUT2D eigenvalue weighted by Crippen LogP contribution is -2.58. The van der Waals surface area contributed by atoms with E-state index in [1.807, 2.05) is 50.4 Å². The molecule has 3 rings (SSSR count). The molecule has 0 aliphatic rings. The molecule has 0 aliphatic carbocycles. The number of rotatable bonds is 14. The maximum Gasteiger partial charge on any atom is 0.326 e. The van der Waals surface area contributed by atoms with Gasteiger partial charge in [-0.3, -0.25) is 14.4 Å². The predicted octanol–water partition coefficient (Wildman–Crippen LogP) is 1.80. The Hall–Kier alpha value is -3.83. The van der Waals surface area contributed by atoms with E-state index in [9.17, 15) is 24.3 Å². The van der Waals surface area contributed by atoms with Crippen LogP contribution in [-0.2, 0) is 32.0 Å². The summed E-state index contributed by atoms with van der Waals surface area (Å²) in [6.45, 7) is 3.81. The molecule has 0 radical (unpaired) electrons. The Bertz CT molecular complexity index is 1310. The predicted molar refractivity (Wildman–Crippen MR) is 157 cm³/mol. The first kappa shape index (κ1) is 30.7. The third-order valence-electron chi connectivity index (χ3n) is 6.50. The topological polar surface area (TPSA) is 166 Å². The number of fused-ring (bicyclic) bond motifs is 1. The number of nitrogens with two attached hydrogens (primary N) is 1. The Morgan fingerprint density at radius 1 is 0.850 bits per heavy atom. The van der Waals surface area contributed by atoms with Crippen molar-refractivity contribution in [1.29, 1.82) is 0 Å². The van der Waals surface area contributed by atoms with Crippen molar-refractivity contribution in [1.82, 2.24) is 20.9 Å². The van der Waals surface area contributed by atoms with Crippen molar-refractivity contribution in [2.24, 2.45) is 11.7 Å². The quantitative estimate of drug-likeness (QED) is 0.147. The average molecular weight is 568 g/mol. The number of nitrogens with one attached hydrogen (secondary N) is 4. The number of aliphatic carboxylic acids is 1. The molecule has 3 amide bonds. The summed E-state index contributed by atoms with van der Waals surface area (Å²) in [5, 5.41) is 18.4. The van der Waals surface area contributed by atoms with Crippen molar-refractivity contribution in [3.8, 4) is 0 Å². The van der Waals surface area contributed by atoms with Crippen LogP contribution >= 0.6 is 12.6 Å². The van der Waals surface area contributed by atoms with E-state index in [2.05, 4.69) is 33.6 Å². The molecule has 7 N–H and O–H groups in total. The summed E-state index contributed by atoms with van der Waals surface area (Å²) < 4.78 is 0.